The summed E-state index contributed by atoms with van der Waals surface area (Å²) in [6.45, 7) is 2.50. The van der Waals surface area contributed by atoms with E-state index in [1.165, 1.54) is 0 Å². The van der Waals surface area contributed by atoms with Crippen LogP contribution in [0, 0.1) is 6.92 Å². The number of amides is 1. The summed E-state index contributed by atoms with van der Waals surface area (Å²) in [7, 11) is 1.71. The lowest BCUT2D eigenvalue weighted by molar-refractivity contribution is -0.154. The van der Waals surface area contributed by atoms with E-state index in [2.05, 4.69) is 0 Å². The Balaban J connectivity index is 1.96. The lowest BCUT2D eigenvalue weighted by Crippen LogP contribution is -2.36. The summed E-state index contributed by atoms with van der Waals surface area (Å²) in [6.07, 6.45) is -0.626. The Morgan fingerprint density at radius 1 is 1.30 bits per heavy atom. The van der Waals surface area contributed by atoms with Gasteiger partial charge in [0.1, 0.15) is 6.10 Å². The summed E-state index contributed by atoms with van der Waals surface area (Å²) >= 11 is 0. The van der Waals surface area contributed by atoms with Crippen LogP contribution in [0.4, 0.5) is 0 Å². The highest BCUT2D eigenvalue weighted by Crippen LogP contribution is 2.22. The molecule has 0 aliphatic carbocycles. The molecule has 1 amide bonds. The Morgan fingerprint density at radius 2 is 1.95 bits per heavy atom. The average molecular weight is 277 g/mol. The van der Waals surface area contributed by atoms with Gasteiger partial charge in [0, 0.05) is 13.6 Å². The number of aryl methyl sites for hydroxylation is 1. The monoisotopic (exact) mass is 277 g/mol. The largest absolute Gasteiger partial charge is 0.479 e. The second-order valence-electron chi connectivity index (χ2n) is 5.15. The first-order valence-corrected chi connectivity index (χ1v) is 6.67. The Labute approximate surface area is 118 Å². The van der Waals surface area contributed by atoms with Crippen molar-refractivity contribution in [3.05, 3.63) is 35.4 Å². The van der Waals surface area contributed by atoms with Crippen LogP contribution in [0.2, 0.25) is 0 Å². The number of benzene rings is 1. The van der Waals surface area contributed by atoms with Crippen LogP contribution in [-0.4, -0.2) is 41.1 Å². The van der Waals surface area contributed by atoms with E-state index in [9.17, 15) is 9.59 Å². The molecule has 1 aromatic rings. The van der Waals surface area contributed by atoms with Crippen LogP contribution in [-0.2, 0) is 20.9 Å². The normalized spacial score (nSPS) is 21.7. The first-order valence-electron chi connectivity index (χ1n) is 6.67. The van der Waals surface area contributed by atoms with Crippen molar-refractivity contribution < 1.29 is 19.4 Å². The maximum Gasteiger partial charge on any atom is 0.332 e. The minimum Gasteiger partial charge on any atom is -0.479 e. The van der Waals surface area contributed by atoms with Crippen LogP contribution < -0.4 is 0 Å². The zero-order valence-electron chi connectivity index (χ0n) is 11.7. The summed E-state index contributed by atoms with van der Waals surface area (Å²) < 4.78 is 5.28. The first kappa shape index (κ1) is 14.5. The van der Waals surface area contributed by atoms with Crippen LogP contribution in [0.1, 0.15) is 24.0 Å². The third-order valence-corrected chi connectivity index (χ3v) is 3.62. The van der Waals surface area contributed by atoms with Gasteiger partial charge in [-0.25, -0.2) is 4.79 Å². The molecule has 5 nitrogen and oxygen atoms in total. The van der Waals surface area contributed by atoms with E-state index in [4.69, 9.17) is 9.84 Å². The topological polar surface area (TPSA) is 66.8 Å². The first-order chi connectivity index (χ1) is 9.49. The number of carboxylic acid groups (broad SMARTS) is 1. The van der Waals surface area contributed by atoms with E-state index in [0.717, 1.165) is 11.1 Å². The molecular formula is C15H19NO4. The highest BCUT2D eigenvalue weighted by molar-refractivity contribution is 5.82. The van der Waals surface area contributed by atoms with Gasteiger partial charge in [-0.05, 0) is 30.9 Å². The molecule has 108 valence electrons. The molecule has 0 aromatic heterocycles. The Hall–Kier alpha value is -1.88. The van der Waals surface area contributed by atoms with E-state index in [-0.39, 0.29) is 5.91 Å². The molecule has 0 bridgehead atoms. The van der Waals surface area contributed by atoms with Crippen LogP contribution >= 0.6 is 0 Å². The number of ether oxygens (including phenoxy) is 1. The van der Waals surface area contributed by atoms with Crippen molar-refractivity contribution >= 4 is 11.9 Å². The molecule has 2 atom stereocenters. The fourth-order valence-corrected chi connectivity index (χ4v) is 2.37. The maximum atomic E-state index is 12.2. The molecule has 0 saturated carbocycles. The number of hydrogen-bond donors (Lipinski definition) is 1. The summed E-state index contributed by atoms with van der Waals surface area (Å²) in [5, 5.41) is 8.87. The van der Waals surface area contributed by atoms with Gasteiger partial charge >= 0.3 is 5.97 Å². The number of carbonyl (C=O) groups excluding carboxylic acids is 1. The molecule has 20 heavy (non-hydrogen) atoms. The highest BCUT2D eigenvalue weighted by Gasteiger charge is 2.36. The Bertz CT molecular complexity index is 514. The molecule has 1 fully saturated rings. The molecule has 1 aromatic carbocycles. The van der Waals surface area contributed by atoms with Crippen molar-refractivity contribution in [2.24, 2.45) is 0 Å². The third kappa shape index (κ3) is 3.17. The number of carbonyl (C=O) groups is 2. The van der Waals surface area contributed by atoms with Gasteiger partial charge in [0.2, 0.25) is 0 Å². The molecule has 0 radical (unpaired) electrons. The number of carboxylic acids is 1. The van der Waals surface area contributed by atoms with Crippen LogP contribution in [0.25, 0.3) is 0 Å². The molecule has 1 N–H and O–H groups in total. The van der Waals surface area contributed by atoms with E-state index >= 15 is 0 Å². The summed E-state index contributed by atoms with van der Waals surface area (Å²) in [5.74, 6) is -1.15. The van der Waals surface area contributed by atoms with Gasteiger partial charge in [-0.1, -0.05) is 24.3 Å². The zero-order valence-corrected chi connectivity index (χ0v) is 11.7. The van der Waals surface area contributed by atoms with Crippen molar-refractivity contribution in [1.82, 2.24) is 4.90 Å². The predicted octanol–water partition coefficient (Wildman–Crippen LogP) is 1.59. The standard InChI is InChI=1S/C15H19NO4/c1-10-5-3-4-6-11(10)9-16(2)14(17)12-7-8-13(20-12)15(18)19/h3-6,12-13H,7-9H2,1-2H3,(H,18,19)/t12-,13+/m0/s1. The smallest absolute Gasteiger partial charge is 0.332 e. The fourth-order valence-electron chi connectivity index (χ4n) is 2.37. The van der Waals surface area contributed by atoms with Crippen molar-refractivity contribution in [2.45, 2.75) is 38.5 Å². The number of nitrogens with zero attached hydrogens (tertiary/aromatic N) is 1. The van der Waals surface area contributed by atoms with E-state index in [1.54, 1.807) is 11.9 Å². The van der Waals surface area contributed by atoms with Crippen LogP contribution in [0.3, 0.4) is 0 Å². The Morgan fingerprint density at radius 3 is 2.55 bits per heavy atom. The molecule has 0 unspecified atom stereocenters. The molecule has 1 saturated heterocycles. The highest BCUT2D eigenvalue weighted by atomic mass is 16.5. The van der Waals surface area contributed by atoms with E-state index in [0.29, 0.717) is 19.4 Å². The van der Waals surface area contributed by atoms with Crippen molar-refractivity contribution in [2.75, 3.05) is 7.05 Å². The van der Waals surface area contributed by atoms with E-state index in [1.807, 2.05) is 31.2 Å². The molecular weight excluding hydrogens is 258 g/mol. The molecule has 1 heterocycles. The molecule has 2 rings (SSSR count). The molecule has 1 aliphatic heterocycles. The van der Waals surface area contributed by atoms with Crippen molar-refractivity contribution in [3.8, 4) is 0 Å². The summed E-state index contributed by atoms with van der Waals surface area (Å²) in [5.41, 5.74) is 2.21. The van der Waals surface area contributed by atoms with Gasteiger partial charge in [-0.3, -0.25) is 4.79 Å². The SMILES string of the molecule is Cc1ccccc1CN(C)C(=O)[C@@H]1CC[C@H](C(=O)O)O1. The molecule has 1 aliphatic rings. The van der Waals surface area contributed by atoms with Crippen LogP contribution in [0.5, 0.6) is 0 Å². The number of rotatable bonds is 4. The Kier molecular flexibility index (Phi) is 4.39. The van der Waals surface area contributed by atoms with Crippen molar-refractivity contribution in [3.63, 3.8) is 0 Å². The van der Waals surface area contributed by atoms with Crippen molar-refractivity contribution in [1.29, 1.82) is 0 Å². The fraction of sp³-hybridized carbons (Fsp3) is 0.467. The van der Waals surface area contributed by atoms with Gasteiger partial charge in [-0.2, -0.15) is 0 Å². The minimum absolute atomic E-state index is 0.156. The van der Waals surface area contributed by atoms with Gasteiger partial charge in [0.15, 0.2) is 6.10 Å². The third-order valence-electron chi connectivity index (χ3n) is 3.62. The minimum atomic E-state index is -0.998. The van der Waals surface area contributed by atoms with Gasteiger partial charge < -0.3 is 14.7 Å². The van der Waals surface area contributed by atoms with Crippen LogP contribution in [0.15, 0.2) is 24.3 Å². The second-order valence-corrected chi connectivity index (χ2v) is 5.15. The molecule has 5 heteroatoms. The summed E-state index contributed by atoms with van der Waals surface area (Å²) in [4.78, 5) is 24.7. The van der Waals surface area contributed by atoms with Gasteiger partial charge in [-0.15, -0.1) is 0 Å². The number of hydrogen-bond acceptors (Lipinski definition) is 3. The lowest BCUT2D eigenvalue weighted by Gasteiger charge is -2.22. The second kappa shape index (κ2) is 6.05. The lowest BCUT2D eigenvalue weighted by atomic mass is 10.1. The van der Waals surface area contributed by atoms with E-state index < -0.39 is 18.2 Å². The molecule has 0 spiro atoms. The predicted molar refractivity (Wildman–Crippen MR) is 73.2 cm³/mol. The summed E-state index contributed by atoms with van der Waals surface area (Å²) in [6, 6.07) is 7.88. The number of likely N-dealkylation sites (N-methyl/N-ethyl adjacent to an activating group) is 1. The van der Waals surface area contributed by atoms with Gasteiger partial charge in [0.25, 0.3) is 5.91 Å². The zero-order chi connectivity index (χ0) is 14.7. The quantitative estimate of drug-likeness (QED) is 0.907. The maximum absolute atomic E-state index is 12.2. The van der Waals surface area contributed by atoms with Gasteiger partial charge in [0.05, 0.1) is 0 Å². The number of aliphatic carboxylic acids is 1. The average Bonchev–Trinajstić information content (AvgIpc) is 2.90.